The van der Waals surface area contributed by atoms with E-state index in [2.05, 4.69) is 54.3 Å². The molecule has 118 valence electrons. The lowest BCUT2D eigenvalue weighted by Gasteiger charge is -2.35. The largest absolute Gasteiger partial charge is 0.497 e. The molecular formula is C17H29N3O. The van der Waals surface area contributed by atoms with Gasteiger partial charge >= 0.3 is 0 Å². The minimum atomic E-state index is 0.329. The topological polar surface area (TPSA) is 27.7 Å². The van der Waals surface area contributed by atoms with Gasteiger partial charge in [-0.2, -0.15) is 0 Å². The Labute approximate surface area is 129 Å². The number of nitrogens with zero attached hydrogens (tertiary/aromatic N) is 2. The quantitative estimate of drug-likeness (QED) is 0.898. The first-order valence-corrected chi connectivity index (χ1v) is 7.91. The molecule has 1 aliphatic rings. The number of likely N-dealkylation sites (N-methyl/N-ethyl adjacent to an activating group) is 3. The van der Waals surface area contributed by atoms with Crippen molar-refractivity contribution in [2.45, 2.75) is 25.4 Å². The molecule has 0 saturated carbocycles. The molecule has 0 aliphatic carbocycles. The molecule has 2 unspecified atom stereocenters. The highest BCUT2D eigenvalue weighted by Crippen LogP contribution is 2.26. The van der Waals surface area contributed by atoms with E-state index < -0.39 is 0 Å². The van der Waals surface area contributed by atoms with Gasteiger partial charge in [-0.25, -0.2) is 0 Å². The minimum absolute atomic E-state index is 0.329. The van der Waals surface area contributed by atoms with Crippen LogP contribution in [-0.2, 0) is 0 Å². The van der Waals surface area contributed by atoms with Crippen LogP contribution in [0.4, 0.5) is 0 Å². The number of rotatable bonds is 5. The number of hydrogen-bond donors (Lipinski definition) is 1. The van der Waals surface area contributed by atoms with Crippen LogP contribution in [0.5, 0.6) is 5.75 Å². The number of hydrogen-bond acceptors (Lipinski definition) is 4. The van der Waals surface area contributed by atoms with Gasteiger partial charge in [0.25, 0.3) is 0 Å². The third kappa shape index (κ3) is 4.19. The molecule has 0 amide bonds. The van der Waals surface area contributed by atoms with Gasteiger partial charge in [0.15, 0.2) is 0 Å². The van der Waals surface area contributed by atoms with Crippen molar-refractivity contribution in [3.63, 3.8) is 0 Å². The molecule has 2 rings (SSSR count). The zero-order valence-electron chi connectivity index (χ0n) is 13.8. The van der Waals surface area contributed by atoms with Gasteiger partial charge in [-0.05, 0) is 57.8 Å². The molecule has 1 saturated heterocycles. The van der Waals surface area contributed by atoms with Gasteiger partial charge in [-0.15, -0.1) is 0 Å². The number of benzene rings is 1. The van der Waals surface area contributed by atoms with Crippen molar-refractivity contribution in [2.75, 3.05) is 47.4 Å². The molecule has 21 heavy (non-hydrogen) atoms. The summed E-state index contributed by atoms with van der Waals surface area (Å²) in [7, 11) is 6.20. The molecule has 0 spiro atoms. The lowest BCUT2D eigenvalue weighted by Crippen LogP contribution is -2.47. The molecule has 1 heterocycles. The fourth-order valence-corrected chi connectivity index (χ4v) is 3.20. The predicted molar refractivity (Wildman–Crippen MR) is 87.9 cm³/mol. The van der Waals surface area contributed by atoms with Crippen molar-refractivity contribution < 1.29 is 4.74 Å². The molecule has 4 heteroatoms. The molecule has 1 aliphatic heterocycles. The smallest absolute Gasteiger partial charge is 0.119 e. The fraction of sp³-hybridized carbons (Fsp3) is 0.647. The predicted octanol–water partition coefficient (Wildman–Crippen LogP) is 1.98. The van der Waals surface area contributed by atoms with E-state index in [0.29, 0.717) is 12.1 Å². The van der Waals surface area contributed by atoms with Crippen molar-refractivity contribution in [2.24, 2.45) is 0 Å². The second-order valence-electron chi connectivity index (χ2n) is 5.98. The summed E-state index contributed by atoms with van der Waals surface area (Å²) in [6.45, 7) is 6.56. The van der Waals surface area contributed by atoms with Crippen molar-refractivity contribution >= 4 is 0 Å². The average molecular weight is 291 g/mol. The van der Waals surface area contributed by atoms with Gasteiger partial charge in [-0.3, -0.25) is 0 Å². The summed E-state index contributed by atoms with van der Waals surface area (Å²) in [4.78, 5) is 4.94. The van der Waals surface area contributed by atoms with Crippen molar-refractivity contribution in [3.05, 3.63) is 29.8 Å². The van der Waals surface area contributed by atoms with Crippen molar-refractivity contribution in [3.8, 4) is 5.75 Å². The van der Waals surface area contributed by atoms with E-state index in [1.807, 2.05) is 6.07 Å². The highest BCUT2D eigenvalue weighted by atomic mass is 16.5. The molecule has 1 fully saturated rings. The van der Waals surface area contributed by atoms with Crippen LogP contribution in [0.2, 0.25) is 0 Å². The lowest BCUT2D eigenvalue weighted by atomic mass is 9.97. The molecular weight excluding hydrogens is 262 g/mol. The van der Waals surface area contributed by atoms with Crippen LogP contribution in [0.3, 0.4) is 0 Å². The Kier molecular flexibility index (Phi) is 6.03. The monoisotopic (exact) mass is 291 g/mol. The lowest BCUT2D eigenvalue weighted by molar-refractivity contribution is 0.179. The van der Waals surface area contributed by atoms with Crippen LogP contribution in [0.25, 0.3) is 0 Å². The van der Waals surface area contributed by atoms with E-state index in [0.717, 1.165) is 25.4 Å². The highest BCUT2D eigenvalue weighted by molar-refractivity contribution is 5.31. The maximum absolute atomic E-state index is 5.39. The highest BCUT2D eigenvalue weighted by Gasteiger charge is 2.29. The average Bonchev–Trinajstić information content (AvgIpc) is 2.66. The van der Waals surface area contributed by atoms with Gasteiger partial charge < -0.3 is 19.9 Å². The first-order valence-electron chi connectivity index (χ1n) is 7.91. The van der Waals surface area contributed by atoms with Crippen molar-refractivity contribution in [1.82, 2.24) is 15.1 Å². The number of nitrogens with one attached hydrogen (secondary N) is 1. The first kappa shape index (κ1) is 16.3. The van der Waals surface area contributed by atoms with Gasteiger partial charge in [0.1, 0.15) is 5.75 Å². The van der Waals surface area contributed by atoms with Gasteiger partial charge in [0, 0.05) is 18.6 Å². The van der Waals surface area contributed by atoms with Gasteiger partial charge in [0.05, 0.1) is 7.11 Å². The Morgan fingerprint density at radius 2 is 2.14 bits per heavy atom. The summed E-state index contributed by atoms with van der Waals surface area (Å²) in [5, 5.41) is 3.67. The van der Waals surface area contributed by atoms with E-state index in [4.69, 9.17) is 4.74 Å². The normalized spacial score (nSPS) is 22.8. The fourth-order valence-electron chi connectivity index (χ4n) is 3.20. The van der Waals surface area contributed by atoms with E-state index in [1.165, 1.54) is 18.5 Å². The van der Waals surface area contributed by atoms with Crippen LogP contribution in [0.15, 0.2) is 24.3 Å². The summed E-state index contributed by atoms with van der Waals surface area (Å²) in [6.07, 6.45) is 1.24. The zero-order valence-corrected chi connectivity index (χ0v) is 13.8. The standard InChI is InChI=1S/C17H29N3O/c1-5-18-17(14-8-6-9-15(12-14)21-4)16-13-19(2)10-7-11-20(16)3/h6,8-9,12,16-18H,5,7,10-11,13H2,1-4H3. The molecule has 1 N–H and O–H groups in total. The third-order valence-corrected chi connectivity index (χ3v) is 4.38. The van der Waals surface area contributed by atoms with Crippen LogP contribution in [0.1, 0.15) is 24.9 Å². The Morgan fingerprint density at radius 1 is 1.33 bits per heavy atom. The molecule has 0 bridgehead atoms. The number of methoxy groups -OCH3 is 1. The van der Waals surface area contributed by atoms with Gasteiger partial charge in [-0.1, -0.05) is 19.1 Å². The van der Waals surface area contributed by atoms with Crippen LogP contribution in [0, 0.1) is 0 Å². The second-order valence-corrected chi connectivity index (χ2v) is 5.98. The van der Waals surface area contributed by atoms with Crippen LogP contribution >= 0.6 is 0 Å². The summed E-state index contributed by atoms with van der Waals surface area (Å²) in [5.74, 6) is 0.931. The molecule has 0 aromatic heterocycles. The first-order chi connectivity index (χ1) is 10.2. The summed E-state index contributed by atoms with van der Waals surface area (Å²) in [5.41, 5.74) is 1.31. The Balaban J connectivity index is 2.27. The molecule has 2 atom stereocenters. The van der Waals surface area contributed by atoms with Crippen LogP contribution < -0.4 is 10.1 Å². The maximum atomic E-state index is 5.39. The Bertz CT molecular complexity index is 438. The molecule has 0 radical (unpaired) electrons. The van der Waals surface area contributed by atoms with E-state index >= 15 is 0 Å². The molecule has 1 aromatic carbocycles. The van der Waals surface area contributed by atoms with Crippen LogP contribution in [-0.4, -0.2) is 63.2 Å². The summed E-state index contributed by atoms with van der Waals surface area (Å²) >= 11 is 0. The second kappa shape index (κ2) is 7.78. The zero-order chi connectivity index (χ0) is 15.2. The molecule has 1 aromatic rings. The van der Waals surface area contributed by atoms with Crippen molar-refractivity contribution in [1.29, 1.82) is 0 Å². The Morgan fingerprint density at radius 3 is 2.86 bits per heavy atom. The maximum Gasteiger partial charge on any atom is 0.119 e. The SMILES string of the molecule is CCNC(c1cccc(OC)c1)C1CN(C)CCCN1C. The van der Waals surface area contributed by atoms with E-state index in [9.17, 15) is 0 Å². The number of ether oxygens (including phenoxy) is 1. The summed E-state index contributed by atoms with van der Waals surface area (Å²) in [6, 6.07) is 9.26. The Hall–Kier alpha value is -1.10. The van der Waals surface area contributed by atoms with E-state index in [1.54, 1.807) is 7.11 Å². The summed E-state index contributed by atoms with van der Waals surface area (Å²) < 4.78 is 5.39. The minimum Gasteiger partial charge on any atom is -0.497 e. The van der Waals surface area contributed by atoms with E-state index in [-0.39, 0.29) is 0 Å². The molecule has 4 nitrogen and oxygen atoms in total. The third-order valence-electron chi connectivity index (χ3n) is 4.38. The van der Waals surface area contributed by atoms with Gasteiger partial charge in [0.2, 0.25) is 0 Å².